The predicted molar refractivity (Wildman–Crippen MR) is 64.9 cm³/mol. The lowest BCUT2D eigenvalue weighted by Crippen LogP contribution is -2.23. The molecule has 1 amide bonds. The summed E-state index contributed by atoms with van der Waals surface area (Å²) in [5.74, 6) is 0.310. The Hall–Kier alpha value is -2.08. The third kappa shape index (κ3) is 2.60. The van der Waals surface area contributed by atoms with E-state index in [2.05, 4.69) is 10.1 Å². The van der Waals surface area contributed by atoms with Crippen LogP contribution in [-0.2, 0) is 4.79 Å². The molecular weight excluding hydrogens is 258 g/mol. The molecule has 1 aromatic carbocycles. The van der Waals surface area contributed by atoms with Crippen LogP contribution in [0, 0.1) is 0 Å². The summed E-state index contributed by atoms with van der Waals surface area (Å²) < 4.78 is 10.1. The second kappa shape index (κ2) is 5.05. The Morgan fingerprint density at radius 2 is 2.17 bits per heavy atom. The highest BCUT2D eigenvalue weighted by molar-refractivity contribution is 6.28. The summed E-state index contributed by atoms with van der Waals surface area (Å²) in [6.07, 6.45) is -0.0793. The zero-order valence-electron chi connectivity index (χ0n) is 9.75. The molecule has 1 aromatic heterocycles. The molecule has 18 heavy (non-hydrogen) atoms. The summed E-state index contributed by atoms with van der Waals surface area (Å²) >= 11 is 5.52. The number of benzene rings is 1. The summed E-state index contributed by atoms with van der Waals surface area (Å²) in [6.45, 7) is 1.46. The van der Waals surface area contributed by atoms with E-state index in [1.165, 1.54) is 11.8 Å². The van der Waals surface area contributed by atoms with E-state index in [1.54, 1.807) is 31.3 Å². The zero-order valence-corrected chi connectivity index (χ0v) is 10.5. The Kier molecular flexibility index (Phi) is 3.47. The van der Waals surface area contributed by atoms with Crippen molar-refractivity contribution in [3.8, 4) is 11.8 Å². The largest absolute Gasteiger partial charge is 0.424 e. The van der Waals surface area contributed by atoms with E-state index >= 15 is 0 Å². The van der Waals surface area contributed by atoms with Gasteiger partial charge in [0.2, 0.25) is 5.91 Å². The van der Waals surface area contributed by atoms with Crippen molar-refractivity contribution in [1.82, 2.24) is 10.1 Å². The third-order valence-corrected chi connectivity index (χ3v) is 2.43. The highest BCUT2D eigenvalue weighted by atomic mass is 35.5. The van der Waals surface area contributed by atoms with Gasteiger partial charge < -0.3 is 9.64 Å². The summed E-state index contributed by atoms with van der Waals surface area (Å²) in [6, 6.07) is 6.99. The van der Waals surface area contributed by atoms with Crippen LogP contribution >= 0.6 is 11.6 Å². The second-order valence-corrected chi connectivity index (χ2v) is 3.82. The molecule has 2 aromatic rings. The van der Waals surface area contributed by atoms with Crippen LogP contribution in [0.5, 0.6) is 11.8 Å². The van der Waals surface area contributed by atoms with E-state index in [0.29, 0.717) is 11.4 Å². The fraction of sp³-hybridized carbons (Fsp3) is 0.182. The molecule has 0 aliphatic carbocycles. The fourth-order valence-corrected chi connectivity index (χ4v) is 1.42. The summed E-state index contributed by atoms with van der Waals surface area (Å²) in [7, 11) is 1.64. The minimum absolute atomic E-state index is 0.0394. The van der Waals surface area contributed by atoms with Crippen molar-refractivity contribution in [3.63, 3.8) is 0 Å². The van der Waals surface area contributed by atoms with Crippen LogP contribution in [0.3, 0.4) is 0 Å². The first-order valence-electron chi connectivity index (χ1n) is 5.08. The highest BCUT2D eigenvalue weighted by Crippen LogP contribution is 2.31. The van der Waals surface area contributed by atoms with Crippen LogP contribution in [0.2, 0.25) is 5.28 Å². The van der Waals surface area contributed by atoms with Crippen LogP contribution < -0.4 is 9.64 Å². The van der Waals surface area contributed by atoms with Gasteiger partial charge in [-0.1, -0.05) is 12.1 Å². The minimum atomic E-state index is -0.116. The maximum atomic E-state index is 11.4. The monoisotopic (exact) mass is 267 g/mol. The van der Waals surface area contributed by atoms with Gasteiger partial charge in [-0.05, 0) is 28.9 Å². The summed E-state index contributed by atoms with van der Waals surface area (Å²) in [5.41, 5.74) is 0.597. The molecule has 0 unspecified atom stereocenters. The Morgan fingerprint density at radius 3 is 2.78 bits per heavy atom. The molecule has 0 bridgehead atoms. The van der Waals surface area contributed by atoms with Gasteiger partial charge in [-0.15, -0.1) is 4.98 Å². The molecule has 1 heterocycles. The summed E-state index contributed by atoms with van der Waals surface area (Å²) in [5, 5.41) is 3.36. The number of halogens is 1. The van der Waals surface area contributed by atoms with E-state index in [-0.39, 0.29) is 17.3 Å². The molecule has 0 aliphatic rings. The third-order valence-electron chi connectivity index (χ3n) is 2.28. The molecule has 0 N–H and O–H groups in total. The number of para-hydroxylation sites is 2. The van der Waals surface area contributed by atoms with Crippen molar-refractivity contribution >= 4 is 23.2 Å². The van der Waals surface area contributed by atoms with Crippen LogP contribution in [0.4, 0.5) is 5.69 Å². The number of carbonyl (C=O) groups is 1. The molecule has 0 radical (unpaired) electrons. The van der Waals surface area contributed by atoms with Crippen molar-refractivity contribution in [2.45, 2.75) is 6.92 Å². The van der Waals surface area contributed by atoms with Gasteiger partial charge in [-0.3, -0.25) is 9.32 Å². The molecule has 0 atom stereocenters. The molecule has 94 valence electrons. The quantitative estimate of drug-likeness (QED) is 0.855. The minimum Gasteiger partial charge on any atom is -0.407 e. The normalized spacial score (nSPS) is 10.2. The van der Waals surface area contributed by atoms with E-state index in [0.717, 1.165) is 0 Å². The van der Waals surface area contributed by atoms with Crippen LogP contribution in [0.1, 0.15) is 6.92 Å². The molecule has 0 fully saturated rings. The van der Waals surface area contributed by atoms with Crippen molar-refractivity contribution in [1.29, 1.82) is 0 Å². The highest BCUT2D eigenvalue weighted by Gasteiger charge is 2.14. The fourth-order valence-electron chi connectivity index (χ4n) is 1.32. The predicted octanol–water partition coefficient (Wildman–Crippen LogP) is 2.50. The van der Waals surface area contributed by atoms with Gasteiger partial charge >= 0.3 is 6.08 Å². The Morgan fingerprint density at radius 1 is 1.44 bits per heavy atom. The number of rotatable bonds is 3. The van der Waals surface area contributed by atoms with Gasteiger partial charge in [-0.25, -0.2) is 0 Å². The Balaban J connectivity index is 2.30. The van der Waals surface area contributed by atoms with Gasteiger partial charge in [0.15, 0.2) is 5.75 Å². The maximum Gasteiger partial charge on any atom is 0.424 e. The van der Waals surface area contributed by atoms with Crippen molar-refractivity contribution in [3.05, 3.63) is 29.5 Å². The second-order valence-electron chi connectivity index (χ2n) is 3.48. The number of carbonyl (C=O) groups excluding carboxylic acids is 1. The Labute approximate surface area is 108 Å². The molecule has 0 aliphatic heterocycles. The molecule has 0 saturated heterocycles. The summed E-state index contributed by atoms with van der Waals surface area (Å²) in [4.78, 5) is 16.5. The standard InChI is InChI=1S/C11H10ClN3O3/c1-7(16)15(2)8-5-3-4-6-9(8)17-11-13-10(12)14-18-11/h3-6H,1-2H3. The first-order chi connectivity index (χ1) is 8.58. The molecule has 0 spiro atoms. The lowest BCUT2D eigenvalue weighted by molar-refractivity contribution is -0.116. The number of hydrogen-bond acceptors (Lipinski definition) is 5. The van der Waals surface area contributed by atoms with E-state index in [4.69, 9.17) is 20.9 Å². The topological polar surface area (TPSA) is 68.5 Å². The van der Waals surface area contributed by atoms with Crippen molar-refractivity contribution in [2.24, 2.45) is 0 Å². The first kappa shape index (κ1) is 12.4. The molecule has 2 rings (SSSR count). The SMILES string of the molecule is CC(=O)N(C)c1ccccc1Oc1nc(Cl)no1. The number of aromatic nitrogens is 2. The van der Waals surface area contributed by atoms with Crippen LogP contribution in [0.15, 0.2) is 28.8 Å². The lowest BCUT2D eigenvalue weighted by Gasteiger charge is -2.17. The average Bonchev–Trinajstić information content (AvgIpc) is 2.74. The number of anilines is 1. The number of nitrogens with zero attached hydrogens (tertiary/aromatic N) is 3. The van der Waals surface area contributed by atoms with E-state index in [9.17, 15) is 4.79 Å². The van der Waals surface area contributed by atoms with Crippen LogP contribution in [-0.4, -0.2) is 23.1 Å². The van der Waals surface area contributed by atoms with Gasteiger partial charge in [0.05, 0.1) is 5.69 Å². The molecule has 7 heteroatoms. The van der Waals surface area contributed by atoms with Gasteiger partial charge in [-0.2, -0.15) is 0 Å². The van der Waals surface area contributed by atoms with Crippen molar-refractivity contribution in [2.75, 3.05) is 11.9 Å². The van der Waals surface area contributed by atoms with E-state index in [1.807, 2.05) is 0 Å². The number of hydrogen-bond donors (Lipinski definition) is 0. The van der Waals surface area contributed by atoms with Gasteiger partial charge in [0.25, 0.3) is 5.28 Å². The van der Waals surface area contributed by atoms with Crippen molar-refractivity contribution < 1.29 is 14.1 Å². The first-order valence-corrected chi connectivity index (χ1v) is 5.46. The Bertz CT molecular complexity index is 570. The zero-order chi connectivity index (χ0) is 13.1. The molecule has 6 nitrogen and oxygen atoms in total. The smallest absolute Gasteiger partial charge is 0.407 e. The number of amides is 1. The number of ether oxygens (including phenoxy) is 1. The van der Waals surface area contributed by atoms with Crippen LogP contribution in [0.25, 0.3) is 0 Å². The molecular formula is C11H10ClN3O3. The van der Waals surface area contributed by atoms with Gasteiger partial charge in [0.1, 0.15) is 0 Å². The van der Waals surface area contributed by atoms with Gasteiger partial charge in [0, 0.05) is 14.0 Å². The maximum absolute atomic E-state index is 11.4. The lowest BCUT2D eigenvalue weighted by atomic mass is 10.2. The molecule has 0 saturated carbocycles. The average molecular weight is 268 g/mol. The van der Waals surface area contributed by atoms with E-state index < -0.39 is 0 Å².